The molecule has 0 amide bonds. The fourth-order valence-electron chi connectivity index (χ4n) is 1.46. The standard InChI is InChI=1S/C8H12N4O/c1-13-8-11-6-4-10-3-2-5(6)7(9)12-8/h10H,2-4H2,1H3,(H2,9,11,12). The van der Waals surface area contributed by atoms with Gasteiger partial charge in [0, 0.05) is 12.1 Å². The van der Waals surface area contributed by atoms with E-state index >= 15 is 0 Å². The van der Waals surface area contributed by atoms with Crippen molar-refractivity contribution in [3.63, 3.8) is 0 Å². The Morgan fingerprint density at radius 1 is 1.46 bits per heavy atom. The monoisotopic (exact) mass is 180 g/mol. The van der Waals surface area contributed by atoms with Gasteiger partial charge in [0.25, 0.3) is 0 Å². The predicted octanol–water partition coefficient (Wildman–Crippen LogP) is -0.287. The molecule has 13 heavy (non-hydrogen) atoms. The summed E-state index contributed by atoms with van der Waals surface area (Å²) in [5.74, 6) is 0.545. The number of nitrogens with zero attached hydrogens (tertiary/aromatic N) is 2. The third-order valence-electron chi connectivity index (χ3n) is 2.13. The van der Waals surface area contributed by atoms with E-state index in [1.807, 2.05) is 0 Å². The second kappa shape index (κ2) is 3.18. The van der Waals surface area contributed by atoms with Crippen molar-refractivity contribution in [3.8, 4) is 6.01 Å². The summed E-state index contributed by atoms with van der Waals surface area (Å²) < 4.78 is 4.93. The lowest BCUT2D eigenvalue weighted by molar-refractivity contribution is 0.376. The van der Waals surface area contributed by atoms with Crippen molar-refractivity contribution >= 4 is 5.82 Å². The normalized spacial score (nSPS) is 15.2. The Morgan fingerprint density at radius 2 is 2.31 bits per heavy atom. The predicted molar refractivity (Wildman–Crippen MR) is 48.4 cm³/mol. The Bertz CT molecular complexity index is 326. The quantitative estimate of drug-likeness (QED) is 0.621. The van der Waals surface area contributed by atoms with Crippen LogP contribution in [0.2, 0.25) is 0 Å². The summed E-state index contributed by atoms with van der Waals surface area (Å²) in [6, 6.07) is 0.347. The van der Waals surface area contributed by atoms with Gasteiger partial charge in [-0.15, -0.1) is 0 Å². The zero-order valence-electron chi connectivity index (χ0n) is 7.50. The molecule has 2 heterocycles. The van der Waals surface area contributed by atoms with Crippen molar-refractivity contribution in [3.05, 3.63) is 11.3 Å². The van der Waals surface area contributed by atoms with E-state index in [1.165, 1.54) is 7.11 Å². The van der Waals surface area contributed by atoms with E-state index in [2.05, 4.69) is 15.3 Å². The number of rotatable bonds is 1. The first-order valence-electron chi connectivity index (χ1n) is 4.21. The summed E-state index contributed by atoms with van der Waals surface area (Å²) in [4.78, 5) is 8.24. The minimum absolute atomic E-state index is 0.347. The third-order valence-corrected chi connectivity index (χ3v) is 2.13. The number of nitrogen functional groups attached to an aromatic ring is 1. The number of hydrogen-bond donors (Lipinski definition) is 2. The van der Waals surface area contributed by atoms with Crippen molar-refractivity contribution in [1.82, 2.24) is 15.3 Å². The first-order chi connectivity index (χ1) is 6.31. The van der Waals surface area contributed by atoms with Gasteiger partial charge in [-0.3, -0.25) is 0 Å². The van der Waals surface area contributed by atoms with Gasteiger partial charge in [-0.05, 0) is 13.0 Å². The molecule has 0 aromatic carbocycles. The molecule has 1 aromatic heterocycles. The van der Waals surface area contributed by atoms with Crippen LogP contribution in [0.1, 0.15) is 11.3 Å². The maximum Gasteiger partial charge on any atom is 0.318 e. The van der Waals surface area contributed by atoms with Gasteiger partial charge in [0.1, 0.15) is 5.82 Å². The van der Waals surface area contributed by atoms with E-state index in [-0.39, 0.29) is 0 Å². The van der Waals surface area contributed by atoms with Crippen LogP contribution in [0.5, 0.6) is 6.01 Å². The summed E-state index contributed by atoms with van der Waals surface area (Å²) in [6.07, 6.45) is 0.894. The number of anilines is 1. The van der Waals surface area contributed by atoms with Gasteiger partial charge >= 0.3 is 6.01 Å². The highest BCUT2D eigenvalue weighted by Gasteiger charge is 2.15. The minimum Gasteiger partial charge on any atom is -0.467 e. The first-order valence-corrected chi connectivity index (χ1v) is 4.21. The summed E-state index contributed by atoms with van der Waals surface area (Å²) in [5.41, 5.74) is 7.77. The molecule has 0 saturated carbocycles. The van der Waals surface area contributed by atoms with Crippen LogP contribution in [0.15, 0.2) is 0 Å². The van der Waals surface area contributed by atoms with Crippen LogP contribution in [-0.2, 0) is 13.0 Å². The molecular formula is C8H12N4O. The van der Waals surface area contributed by atoms with E-state index in [9.17, 15) is 0 Å². The molecular weight excluding hydrogens is 168 g/mol. The molecule has 0 atom stereocenters. The van der Waals surface area contributed by atoms with Gasteiger partial charge in [-0.2, -0.15) is 9.97 Å². The first kappa shape index (κ1) is 8.25. The van der Waals surface area contributed by atoms with E-state index < -0.39 is 0 Å². The van der Waals surface area contributed by atoms with Crippen molar-refractivity contribution in [1.29, 1.82) is 0 Å². The van der Waals surface area contributed by atoms with Crippen molar-refractivity contribution < 1.29 is 4.74 Å². The number of fused-ring (bicyclic) bond motifs is 1. The summed E-state index contributed by atoms with van der Waals surface area (Å²) >= 11 is 0. The molecule has 0 radical (unpaired) electrons. The second-order valence-corrected chi connectivity index (χ2v) is 2.95. The number of nitrogens with one attached hydrogen (secondary N) is 1. The largest absolute Gasteiger partial charge is 0.467 e. The Kier molecular flexibility index (Phi) is 2.02. The Labute approximate surface area is 76.3 Å². The third kappa shape index (κ3) is 1.42. The van der Waals surface area contributed by atoms with Crippen molar-refractivity contribution in [2.75, 3.05) is 19.4 Å². The molecule has 0 bridgehead atoms. The average Bonchev–Trinajstić information content (AvgIpc) is 2.18. The highest BCUT2D eigenvalue weighted by Crippen LogP contribution is 2.19. The van der Waals surface area contributed by atoms with Crippen LogP contribution in [0.3, 0.4) is 0 Å². The van der Waals surface area contributed by atoms with Crippen LogP contribution in [0.25, 0.3) is 0 Å². The van der Waals surface area contributed by atoms with Crippen molar-refractivity contribution in [2.24, 2.45) is 0 Å². The van der Waals surface area contributed by atoms with E-state index in [4.69, 9.17) is 10.5 Å². The maximum absolute atomic E-state index is 5.76. The van der Waals surface area contributed by atoms with E-state index in [0.717, 1.165) is 30.8 Å². The van der Waals surface area contributed by atoms with Gasteiger partial charge in [0.15, 0.2) is 0 Å². The number of aromatic nitrogens is 2. The van der Waals surface area contributed by atoms with Crippen molar-refractivity contribution in [2.45, 2.75) is 13.0 Å². The Balaban J connectivity index is 2.47. The number of nitrogens with two attached hydrogens (primary N) is 1. The second-order valence-electron chi connectivity index (χ2n) is 2.95. The van der Waals surface area contributed by atoms with Crippen LogP contribution in [0, 0.1) is 0 Å². The molecule has 1 aliphatic rings. The lowest BCUT2D eigenvalue weighted by atomic mass is 10.1. The number of methoxy groups -OCH3 is 1. The molecule has 0 spiro atoms. The summed E-state index contributed by atoms with van der Waals surface area (Å²) in [6.45, 7) is 1.69. The summed E-state index contributed by atoms with van der Waals surface area (Å²) in [7, 11) is 1.54. The van der Waals surface area contributed by atoms with Gasteiger partial charge in [-0.1, -0.05) is 0 Å². The zero-order valence-corrected chi connectivity index (χ0v) is 7.50. The van der Waals surface area contributed by atoms with E-state index in [1.54, 1.807) is 0 Å². The SMILES string of the molecule is COc1nc(N)c2c(n1)CNCC2. The topological polar surface area (TPSA) is 73.1 Å². The van der Waals surface area contributed by atoms with E-state index in [0.29, 0.717) is 11.8 Å². The molecule has 3 N–H and O–H groups in total. The van der Waals surface area contributed by atoms with Gasteiger partial charge < -0.3 is 15.8 Å². The molecule has 1 aliphatic heterocycles. The van der Waals surface area contributed by atoms with Crippen LogP contribution < -0.4 is 15.8 Å². The highest BCUT2D eigenvalue weighted by molar-refractivity contribution is 5.44. The molecule has 5 nitrogen and oxygen atoms in total. The molecule has 5 heteroatoms. The number of hydrogen-bond acceptors (Lipinski definition) is 5. The maximum atomic E-state index is 5.76. The molecule has 2 rings (SSSR count). The lowest BCUT2D eigenvalue weighted by Crippen LogP contribution is -2.26. The van der Waals surface area contributed by atoms with Gasteiger partial charge in [0.2, 0.25) is 0 Å². The average molecular weight is 180 g/mol. The van der Waals surface area contributed by atoms with Gasteiger partial charge in [-0.25, -0.2) is 0 Å². The molecule has 0 aliphatic carbocycles. The molecule has 1 aromatic rings. The molecule has 0 saturated heterocycles. The Hall–Kier alpha value is -1.36. The lowest BCUT2D eigenvalue weighted by Gasteiger charge is -2.17. The fourth-order valence-corrected chi connectivity index (χ4v) is 1.46. The smallest absolute Gasteiger partial charge is 0.318 e. The Morgan fingerprint density at radius 3 is 3.08 bits per heavy atom. The minimum atomic E-state index is 0.347. The molecule has 0 fully saturated rings. The van der Waals surface area contributed by atoms with Crippen LogP contribution >= 0.6 is 0 Å². The van der Waals surface area contributed by atoms with Crippen LogP contribution in [-0.4, -0.2) is 23.6 Å². The highest BCUT2D eigenvalue weighted by atomic mass is 16.5. The van der Waals surface area contributed by atoms with Gasteiger partial charge in [0.05, 0.1) is 12.8 Å². The zero-order chi connectivity index (χ0) is 9.26. The molecule has 0 unspecified atom stereocenters. The number of ether oxygens (including phenoxy) is 1. The molecule has 70 valence electrons. The summed E-state index contributed by atoms with van der Waals surface area (Å²) in [5, 5.41) is 3.22. The van der Waals surface area contributed by atoms with Crippen LogP contribution in [0.4, 0.5) is 5.82 Å². The fraction of sp³-hybridized carbons (Fsp3) is 0.500.